The van der Waals surface area contributed by atoms with E-state index in [-0.39, 0.29) is 12.5 Å². The smallest absolute Gasteiger partial charge is 0.410 e. The lowest BCUT2D eigenvalue weighted by Gasteiger charge is -2.30. The molecule has 0 unspecified atom stereocenters. The molecular formula is C16H19NO5. The Morgan fingerprint density at radius 2 is 1.77 bits per heavy atom. The van der Waals surface area contributed by atoms with Crippen molar-refractivity contribution in [3.63, 3.8) is 0 Å². The van der Waals surface area contributed by atoms with Crippen LogP contribution in [-0.4, -0.2) is 42.9 Å². The SMILES string of the molecule is COC(=O)C(=O)C1CCN(C(=O)OCc2ccccc2)CC1. The van der Waals surface area contributed by atoms with Gasteiger partial charge in [0.25, 0.3) is 0 Å². The van der Waals surface area contributed by atoms with Gasteiger partial charge in [0.1, 0.15) is 6.61 Å². The van der Waals surface area contributed by atoms with Crippen molar-refractivity contribution in [3.05, 3.63) is 35.9 Å². The van der Waals surface area contributed by atoms with Crippen molar-refractivity contribution in [1.29, 1.82) is 0 Å². The fraction of sp³-hybridized carbons (Fsp3) is 0.438. The van der Waals surface area contributed by atoms with Gasteiger partial charge in [0.15, 0.2) is 0 Å². The number of likely N-dealkylation sites (tertiary alicyclic amines) is 1. The Hall–Kier alpha value is -2.37. The van der Waals surface area contributed by atoms with E-state index in [4.69, 9.17) is 4.74 Å². The van der Waals surface area contributed by atoms with Crippen molar-refractivity contribution in [2.75, 3.05) is 20.2 Å². The zero-order chi connectivity index (χ0) is 15.9. The first kappa shape index (κ1) is 16.0. The van der Waals surface area contributed by atoms with Crippen LogP contribution < -0.4 is 0 Å². The van der Waals surface area contributed by atoms with Gasteiger partial charge in [-0.15, -0.1) is 0 Å². The number of rotatable bonds is 4. The molecule has 1 saturated heterocycles. The third kappa shape index (κ3) is 4.07. The van der Waals surface area contributed by atoms with Gasteiger partial charge < -0.3 is 14.4 Å². The summed E-state index contributed by atoms with van der Waals surface area (Å²) in [6.45, 7) is 1.03. The Balaban J connectivity index is 1.77. The molecule has 1 heterocycles. The van der Waals surface area contributed by atoms with Gasteiger partial charge in [-0.2, -0.15) is 0 Å². The topological polar surface area (TPSA) is 72.9 Å². The van der Waals surface area contributed by atoms with Crippen molar-refractivity contribution in [3.8, 4) is 0 Å². The first-order chi connectivity index (χ1) is 10.6. The predicted molar refractivity (Wildman–Crippen MR) is 77.9 cm³/mol. The van der Waals surface area contributed by atoms with Crippen LogP contribution in [0.4, 0.5) is 4.79 Å². The van der Waals surface area contributed by atoms with Crippen LogP contribution in [0.3, 0.4) is 0 Å². The molecule has 6 heteroatoms. The van der Waals surface area contributed by atoms with E-state index >= 15 is 0 Å². The average molecular weight is 305 g/mol. The van der Waals surface area contributed by atoms with Crippen molar-refractivity contribution >= 4 is 17.8 Å². The summed E-state index contributed by atoms with van der Waals surface area (Å²) in [6.07, 6.45) is 0.510. The maximum Gasteiger partial charge on any atom is 0.410 e. The van der Waals surface area contributed by atoms with Crippen molar-refractivity contribution < 1.29 is 23.9 Å². The number of carbonyl (C=O) groups is 3. The molecule has 1 aromatic rings. The number of methoxy groups -OCH3 is 1. The van der Waals surface area contributed by atoms with E-state index in [1.165, 1.54) is 7.11 Å². The lowest BCUT2D eigenvalue weighted by Crippen LogP contribution is -2.41. The van der Waals surface area contributed by atoms with Crippen molar-refractivity contribution in [2.45, 2.75) is 19.4 Å². The van der Waals surface area contributed by atoms with Crippen LogP contribution in [0, 0.1) is 5.92 Å². The predicted octanol–water partition coefficient (Wildman–Crippen LogP) is 1.78. The van der Waals surface area contributed by atoms with Gasteiger partial charge in [-0.05, 0) is 18.4 Å². The molecule has 1 fully saturated rings. The van der Waals surface area contributed by atoms with Crippen LogP contribution in [-0.2, 0) is 25.7 Å². The van der Waals surface area contributed by atoms with E-state index in [1.807, 2.05) is 30.3 Å². The zero-order valence-electron chi connectivity index (χ0n) is 12.5. The van der Waals surface area contributed by atoms with Gasteiger partial charge in [-0.25, -0.2) is 9.59 Å². The Kier molecular flexibility index (Phi) is 5.52. The second kappa shape index (κ2) is 7.59. The van der Waals surface area contributed by atoms with Gasteiger partial charge in [0, 0.05) is 19.0 Å². The number of esters is 1. The molecule has 0 radical (unpaired) electrons. The normalized spacial score (nSPS) is 15.2. The monoisotopic (exact) mass is 305 g/mol. The zero-order valence-corrected chi connectivity index (χ0v) is 12.5. The molecule has 0 aromatic heterocycles. The van der Waals surface area contributed by atoms with Gasteiger partial charge in [0.2, 0.25) is 5.78 Å². The maximum atomic E-state index is 12.0. The van der Waals surface area contributed by atoms with E-state index in [9.17, 15) is 14.4 Å². The number of ether oxygens (including phenoxy) is 2. The quantitative estimate of drug-likeness (QED) is 0.626. The number of piperidine rings is 1. The minimum atomic E-state index is -0.815. The summed E-state index contributed by atoms with van der Waals surface area (Å²) in [5.41, 5.74) is 0.923. The van der Waals surface area contributed by atoms with Crippen LogP contribution in [0.5, 0.6) is 0 Å². The van der Waals surface area contributed by atoms with Crippen molar-refractivity contribution in [2.24, 2.45) is 5.92 Å². The highest BCUT2D eigenvalue weighted by molar-refractivity contribution is 6.34. The minimum Gasteiger partial charge on any atom is -0.463 e. The lowest BCUT2D eigenvalue weighted by molar-refractivity contribution is -0.154. The minimum absolute atomic E-state index is 0.223. The summed E-state index contributed by atoms with van der Waals surface area (Å²) in [6, 6.07) is 9.43. The van der Waals surface area contributed by atoms with Crippen molar-refractivity contribution in [1.82, 2.24) is 4.90 Å². The fourth-order valence-corrected chi connectivity index (χ4v) is 2.40. The summed E-state index contributed by atoms with van der Waals surface area (Å²) in [4.78, 5) is 36.4. The maximum absolute atomic E-state index is 12.0. The third-order valence-corrected chi connectivity index (χ3v) is 3.72. The Morgan fingerprint density at radius 3 is 2.36 bits per heavy atom. The number of ketones is 1. The second-order valence-electron chi connectivity index (χ2n) is 5.16. The molecule has 2 rings (SSSR count). The van der Waals surface area contributed by atoms with Crippen LogP contribution >= 0.6 is 0 Å². The molecular weight excluding hydrogens is 286 g/mol. The first-order valence-electron chi connectivity index (χ1n) is 7.19. The molecule has 0 atom stereocenters. The van der Waals surface area contributed by atoms with Crippen LogP contribution in [0.25, 0.3) is 0 Å². The molecule has 0 aliphatic carbocycles. The highest BCUT2D eigenvalue weighted by atomic mass is 16.6. The molecule has 1 aliphatic rings. The third-order valence-electron chi connectivity index (χ3n) is 3.72. The summed E-state index contributed by atoms with van der Waals surface area (Å²) in [5.74, 6) is -1.70. The fourth-order valence-electron chi connectivity index (χ4n) is 2.40. The Morgan fingerprint density at radius 1 is 1.14 bits per heavy atom. The molecule has 0 spiro atoms. The number of nitrogens with zero attached hydrogens (tertiary/aromatic N) is 1. The number of amides is 1. The number of benzene rings is 1. The molecule has 1 aliphatic heterocycles. The highest BCUT2D eigenvalue weighted by Gasteiger charge is 2.31. The molecule has 22 heavy (non-hydrogen) atoms. The summed E-state index contributed by atoms with van der Waals surface area (Å²) < 4.78 is 9.68. The molecule has 0 bridgehead atoms. The molecule has 1 aromatic carbocycles. The van der Waals surface area contributed by atoms with Gasteiger partial charge in [0.05, 0.1) is 7.11 Å². The van der Waals surface area contributed by atoms with Gasteiger partial charge in [-0.1, -0.05) is 30.3 Å². The lowest BCUT2D eigenvalue weighted by atomic mass is 9.93. The van der Waals surface area contributed by atoms with E-state index in [0.29, 0.717) is 25.9 Å². The van der Waals surface area contributed by atoms with E-state index in [1.54, 1.807) is 4.90 Å². The Labute approximate surface area is 129 Å². The molecule has 1 amide bonds. The molecule has 118 valence electrons. The Bertz CT molecular complexity index is 535. The highest BCUT2D eigenvalue weighted by Crippen LogP contribution is 2.19. The molecule has 0 saturated carbocycles. The number of carbonyl (C=O) groups excluding carboxylic acids is 3. The molecule has 6 nitrogen and oxygen atoms in total. The second-order valence-corrected chi connectivity index (χ2v) is 5.16. The summed E-state index contributed by atoms with van der Waals surface area (Å²) in [7, 11) is 1.19. The van der Waals surface area contributed by atoms with Gasteiger partial charge >= 0.3 is 12.1 Å². The molecule has 0 N–H and O–H groups in total. The number of hydrogen-bond acceptors (Lipinski definition) is 5. The van der Waals surface area contributed by atoms with Crippen LogP contribution in [0.15, 0.2) is 30.3 Å². The number of hydrogen-bond donors (Lipinski definition) is 0. The standard InChI is InChI=1S/C16H19NO5/c1-21-15(19)14(18)13-7-9-17(10-8-13)16(20)22-11-12-5-3-2-4-6-12/h2-6,13H,7-11H2,1H3. The average Bonchev–Trinajstić information content (AvgIpc) is 2.59. The van der Waals surface area contributed by atoms with Crippen LogP contribution in [0.2, 0.25) is 0 Å². The largest absolute Gasteiger partial charge is 0.463 e. The number of Topliss-reactive ketones (excluding diaryl/α,β-unsaturated/α-hetero) is 1. The van der Waals surface area contributed by atoms with Crippen LogP contribution in [0.1, 0.15) is 18.4 Å². The van der Waals surface area contributed by atoms with E-state index in [0.717, 1.165) is 5.56 Å². The van der Waals surface area contributed by atoms with Gasteiger partial charge in [-0.3, -0.25) is 4.79 Å². The summed E-state index contributed by atoms with van der Waals surface area (Å²) >= 11 is 0. The first-order valence-corrected chi connectivity index (χ1v) is 7.19. The summed E-state index contributed by atoms with van der Waals surface area (Å²) in [5, 5.41) is 0. The van der Waals surface area contributed by atoms with E-state index < -0.39 is 17.8 Å². The van der Waals surface area contributed by atoms with E-state index in [2.05, 4.69) is 4.74 Å².